The molecular weight excluding hydrogens is 437 g/mol. The molecule has 1 amide bonds. The van der Waals surface area contributed by atoms with Gasteiger partial charge >= 0.3 is 5.97 Å². The Morgan fingerprint density at radius 1 is 1.05 bits per heavy atom. The Balaban J connectivity index is 2.21. The fraction of sp³-hybridized carbons (Fsp3) is 0.0667. The van der Waals surface area contributed by atoms with E-state index in [-0.39, 0.29) is 5.91 Å². The summed E-state index contributed by atoms with van der Waals surface area (Å²) in [6.45, 7) is 0. The SMILES string of the molecule is COC(=O)c1ccc(C(=O)Nc2c(Br)cc(Cl)cc2Br)cc1. The van der Waals surface area contributed by atoms with E-state index in [1.807, 2.05) is 0 Å². The molecule has 22 heavy (non-hydrogen) atoms. The van der Waals surface area contributed by atoms with E-state index in [9.17, 15) is 9.59 Å². The Morgan fingerprint density at radius 3 is 2.05 bits per heavy atom. The monoisotopic (exact) mass is 445 g/mol. The standard InChI is InChI=1S/C15H10Br2ClNO3/c1-22-15(21)9-4-2-8(3-5-9)14(20)19-13-11(16)6-10(18)7-12(13)17/h2-7H,1H3,(H,19,20). The average molecular weight is 448 g/mol. The number of hydrogen-bond donors (Lipinski definition) is 1. The van der Waals surface area contributed by atoms with Crippen molar-refractivity contribution < 1.29 is 14.3 Å². The van der Waals surface area contributed by atoms with Gasteiger partial charge in [0.05, 0.1) is 18.4 Å². The fourth-order valence-corrected chi connectivity index (χ4v) is 3.59. The number of nitrogens with one attached hydrogen (secondary N) is 1. The van der Waals surface area contributed by atoms with Crippen molar-refractivity contribution in [3.8, 4) is 0 Å². The molecule has 2 aromatic carbocycles. The number of esters is 1. The summed E-state index contributed by atoms with van der Waals surface area (Å²) in [5.74, 6) is -0.754. The number of carbonyl (C=O) groups is 2. The number of anilines is 1. The molecular formula is C15H10Br2ClNO3. The van der Waals surface area contributed by atoms with Crippen molar-refractivity contribution in [1.29, 1.82) is 0 Å². The summed E-state index contributed by atoms with van der Waals surface area (Å²) in [5, 5.41) is 3.32. The highest BCUT2D eigenvalue weighted by molar-refractivity contribution is 9.11. The van der Waals surface area contributed by atoms with Crippen LogP contribution < -0.4 is 5.32 Å². The lowest BCUT2D eigenvalue weighted by molar-refractivity contribution is 0.0600. The lowest BCUT2D eigenvalue weighted by Gasteiger charge is -2.10. The van der Waals surface area contributed by atoms with E-state index in [0.29, 0.717) is 30.8 Å². The van der Waals surface area contributed by atoms with Gasteiger partial charge in [-0.05, 0) is 68.3 Å². The maximum absolute atomic E-state index is 12.3. The molecule has 0 atom stereocenters. The van der Waals surface area contributed by atoms with Crippen molar-refractivity contribution in [3.63, 3.8) is 0 Å². The van der Waals surface area contributed by atoms with Gasteiger partial charge in [0.1, 0.15) is 0 Å². The number of methoxy groups -OCH3 is 1. The second-order valence-corrected chi connectivity index (χ2v) is 6.41. The van der Waals surface area contributed by atoms with E-state index in [2.05, 4.69) is 41.9 Å². The summed E-state index contributed by atoms with van der Waals surface area (Å²) in [6.07, 6.45) is 0. The lowest BCUT2D eigenvalue weighted by Crippen LogP contribution is -2.13. The van der Waals surface area contributed by atoms with Crippen LogP contribution >= 0.6 is 43.5 Å². The molecule has 0 radical (unpaired) electrons. The highest BCUT2D eigenvalue weighted by atomic mass is 79.9. The number of amides is 1. The molecule has 0 aliphatic carbocycles. The molecule has 0 aliphatic heterocycles. The molecule has 0 fully saturated rings. The third-order valence-electron chi connectivity index (χ3n) is 2.81. The van der Waals surface area contributed by atoms with E-state index in [1.165, 1.54) is 19.2 Å². The fourth-order valence-electron chi connectivity index (χ4n) is 1.72. The van der Waals surface area contributed by atoms with Crippen molar-refractivity contribution >= 4 is 61.0 Å². The Morgan fingerprint density at radius 2 is 1.55 bits per heavy atom. The van der Waals surface area contributed by atoms with Gasteiger partial charge in [-0.15, -0.1) is 0 Å². The summed E-state index contributed by atoms with van der Waals surface area (Å²) in [5.41, 5.74) is 1.38. The Bertz CT molecular complexity index is 709. The smallest absolute Gasteiger partial charge is 0.337 e. The second-order valence-electron chi connectivity index (χ2n) is 4.27. The van der Waals surface area contributed by atoms with E-state index in [1.54, 1.807) is 24.3 Å². The van der Waals surface area contributed by atoms with Crippen molar-refractivity contribution in [2.24, 2.45) is 0 Å². The molecule has 114 valence electrons. The molecule has 0 aliphatic rings. The predicted octanol–water partition coefficient (Wildman–Crippen LogP) is 4.90. The van der Waals surface area contributed by atoms with E-state index in [4.69, 9.17) is 11.6 Å². The average Bonchev–Trinajstić information content (AvgIpc) is 2.50. The Hall–Kier alpha value is -1.37. The highest BCUT2D eigenvalue weighted by Crippen LogP contribution is 2.34. The largest absolute Gasteiger partial charge is 0.465 e. The van der Waals surface area contributed by atoms with Crippen molar-refractivity contribution in [2.45, 2.75) is 0 Å². The van der Waals surface area contributed by atoms with Crippen LogP contribution in [0.4, 0.5) is 5.69 Å². The number of hydrogen-bond acceptors (Lipinski definition) is 3. The first-order valence-electron chi connectivity index (χ1n) is 6.06. The van der Waals surface area contributed by atoms with Crippen molar-refractivity contribution in [1.82, 2.24) is 0 Å². The molecule has 0 saturated carbocycles. The summed E-state index contributed by atoms with van der Waals surface area (Å²) < 4.78 is 5.93. The van der Waals surface area contributed by atoms with Crippen LogP contribution in [-0.4, -0.2) is 19.0 Å². The number of halogens is 3. The summed E-state index contributed by atoms with van der Waals surface area (Å²) in [6, 6.07) is 9.54. The maximum atomic E-state index is 12.3. The predicted molar refractivity (Wildman–Crippen MR) is 92.6 cm³/mol. The highest BCUT2D eigenvalue weighted by Gasteiger charge is 2.13. The van der Waals surface area contributed by atoms with Gasteiger partial charge < -0.3 is 10.1 Å². The minimum atomic E-state index is -0.449. The number of benzene rings is 2. The van der Waals surface area contributed by atoms with Crippen LogP contribution in [0, 0.1) is 0 Å². The van der Waals surface area contributed by atoms with Gasteiger partial charge in [0, 0.05) is 19.5 Å². The maximum Gasteiger partial charge on any atom is 0.337 e. The van der Waals surface area contributed by atoms with Gasteiger partial charge in [-0.25, -0.2) is 4.79 Å². The number of ether oxygens (including phenoxy) is 1. The summed E-state index contributed by atoms with van der Waals surface area (Å²) in [7, 11) is 1.30. The third kappa shape index (κ3) is 3.88. The first-order valence-corrected chi connectivity index (χ1v) is 8.03. The van der Waals surface area contributed by atoms with Crippen LogP contribution in [0.25, 0.3) is 0 Å². The van der Waals surface area contributed by atoms with Crippen LogP contribution in [0.5, 0.6) is 0 Å². The molecule has 0 unspecified atom stereocenters. The van der Waals surface area contributed by atoms with Crippen molar-refractivity contribution in [3.05, 3.63) is 61.5 Å². The number of rotatable bonds is 3. The minimum Gasteiger partial charge on any atom is -0.465 e. The summed E-state index contributed by atoms with van der Waals surface area (Å²) >= 11 is 12.6. The van der Waals surface area contributed by atoms with Crippen LogP contribution in [0.15, 0.2) is 45.3 Å². The van der Waals surface area contributed by atoms with Gasteiger partial charge in [-0.1, -0.05) is 11.6 Å². The third-order valence-corrected chi connectivity index (χ3v) is 4.28. The van der Waals surface area contributed by atoms with Crippen molar-refractivity contribution in [2.75, 3.05) is 12.4 Å². The first kappa shape index (κ1) is 17.0. The molecule has 1 N–H and O–H groups in total. The van der Waals surface area contributed by atoms with Gasteiger partial charge in [-0.2, -0.15) is 0 Å². The Kier molecular flexibility index (Phi) is 5.61. The molecule has 0 heterocycles. The molecule has 7 heteroatoms. The van der Waals surface area contributed by atoms with Gasteiger partial charge in [0.2, 0.25) is 0 Å². The van der Waals surface area contributed by atoms with Crippen LogP contribution in [-0.2, 0) is 4.74 Å². The molecule has 0 aromatic heterocycles. The lowest BCUT2D eigenvalue weighted by atomic mass is 10.1. The van der Waals surface area contributed by atoms with Gasteiger partial charge in [0.15, 0.2) is 0 Å². The quantitative estimate of drug-likeness (QED) is 0.681. The van der Waals surface area contributed by atoms with Gasteiger partial charge in [0.25, 0.3) is 5.91 Å². The number of carbonyl (C=O) groups excluding carboxylic acids is 2. The molecule has 0 saturated heterocycles. The zero-order chi connectivity index (χ0) is 16.3. The van der Waals surface area contributed by atoms with Gasteiger partial charge in [-0.3, -0.25) is 4.79 Å². The first-order chi connectivity index (χ1) is 10.4. The van der Waals surface area contributed by atoms with E-state index in [0.717, 1.165) is 0 Å². The molecule has 0 spiro atoms. The molecule has 2 rings (SSSR count). The topological polar surface area (TPSA) is 55.4 Å². The molecule has 2 aromatic rings. The second kappa shape index (κ2) is 7.26. The molecule has 4 nitrogen and oxygen atoms in total. The van der Waals surface area contributed by atoms with Crippen LogP contribution in [0.3, 0.4) is 0 Å². The summed E-state index contributed by atoms with van der Waals surface area (Å²) in [4.78, 5) is 23.6. The van der Waals surface area contributed by atoms with Crippen LogP contribution in [0.1, 0.15) is 20.7 Å². The zero-order valence-corrected chi connectivity index (χ0v) is 15.3. The zero-order valence-electron chi connectivity index (χ0n) is 11.3. The van der Waals surface area contributed by atoms with E-state index < -0.39 is 5.97 Å². The minimum absolute atomic E-state index is 0.305. The van der Waals surface area contributed by atoms with E-state index >= 15 is 0 Å². The normalized spacial score (nSPS) is 10.2. The molecule has 0 bridgehead atoms. The van der Waals surface area contributed by atoms with Crippen LogP contribution in [0.2, 0.25) is 5.02 Å². The Labute approximate surface area is 149 Å².